The smallest absolute Gasteiger partial charge is 0.336 e. The number of carboxylic acid groups (broad SMARTS) is 1. The third-order valence-electron chi connectivity index (χ3n) is 1.67. The molecule has 0 aromatic heterocycles. The van der Waals surface area contributed by atoms with E-state index in [1.165, 1.54) is 25.1 Å². The van der Waals surface area contributed by atoms with Crippen LogP contribution in [-0.4, -0.2) is 23.3 Å². The summed E-state index contributed by atoms with van der Waals surface area (Å²) in [5.41, 5.74) is -0.330. The molecule has 0 spiro atoms. The summed E-state index contributed by atoms with van der Waals surface area (Å²) in [5, 5.41) is 8.76. The molecule has 1 rings (SSSR count). The Hall–Kier alpha value is -2.17. The Morgan fingerprint density at radius 1 is 1.40 bits per heavy atom. The first kappa shape index (κ1) is 10.9. The number of carboxylic acids is 1. The summed E-state index contributed by atoms with van der Waals surface area (Å²) in [5.74, 6) is -1.90. The molecule has 0 heterocycles. The van der Waals surface area contributed by atoms with Crippen molar-refractivity contribution in [2.24, 2.45) is 0 Å². The van der Waals surface area contributed by atoms with Crippen molar-refractivity contribution in [2.75, 3.05) is 0 Å². The van der Waals surface area contributed by atoms with Gasteiger partial charge in [0.05, 0.1) is 11.1 Å². The molecule has 0 bridgehead atoms. The van der Waals surface area contributed by atoms with Crippen LogP contribution in [0, 0.1) is 0 Å². The maximum atomic E-state index is 10.7. The van der Waals surface area contributed by atoms with Crippen LogP contribution in [0.15, 0.2) is 18.2 Å². The minimum atomic E-state index is -1.24. The van der Waals surface area contributed by atoms with Crippen molar-refractivity contribution in [1.82, 2.24) is 0 Å². The molecular formula is C10H8O5. The van der Waals surface area contributed by atoms with Crippen LogP contribution in [0.25, 0.3) is 0 Å². The van der Waals surface area contributed by atoms with E-state index in [0.29, 0.717) is 6.29 Å². The summed E-state index contributed by atoms with van der Waals surface area (Å²) in [7, 11) is 0. The average molecular weight is 208 g/mol. The number of aromatic carboxylic acids is 1. The van der Waals surface area contributed by atoms with Crippen LogP contribution in [0.4, 0.5) is 0 Å². The first-order valence-corrected chi connectivity index (χ1v) is 4.06. The zero-order valence-corrected chi connectivity index (χ0v) is 7.89. The highest BCUT2D eigenvalue weighted by Crippen LogP contribution is 2.20. The normalized spacial score (nSPS) is 9.40. The minimum Gasteiger partial charge on any atom is -0.478 e. The molecule has 0 amide bonds. The molecular weight excluding hydrogens is 200 g/mol. The topological polar surface area (TPSA) is 80.7 Å². The first-order chi connectivity index (χ1) is 7.06. The molecule has 0 radical (unpaired) electrons. The van der Waals surface area contributed by atoms with E-state index in [1.807, 2.05) is 0 Å². The number of rotatable bonds is 3. The second kappa shape index (κ2) is 4.36. The molecule has 1 aromatic rings. The summed E-state index contributed by atoms with van der Waals surface area (Å²) >= 11 is 0. The predicted octanol–water partition coefficient (Wildman–Crippen LogP) is 1.12. The maximum absolute atomic E-state index is 10.7. The average Bonchev–Trinajstić information content (AvgIpc) is 2.16. The fraction of sp³-hybridized carbons (Fsp3) is 0.100. The van der Waals surface area contributed by atoms with Gasteiger partial charge in [-0.15, -0.1) is 0 Å². The van der Waals surface area contributed by atoms with Gasteiger partial charge in [-0.1, -0.05) is 6.07 Å². The lowest BCUT2D eigenvalue weighted by atomic mass is 10.1. The van der Waals surface area contributed by atoms with Gasteiger partial charge in [0.15, 0.2) is 6.29 Å². The van der Waals surface area contributed by atoms with Crippen molar-refractivity contribution in [3.63, 3.8) is 0 Å². The van der Waals surface area contributed by atoms with Crippen LogP contribution in [0.2, 0.25) is 0 Å². The van der Waals surface area contributed by atoms with Gasteiger partial charge in [-0.25, -0.2) is 4.79 Å². The Bertz CT molecular complexity index is 422. The van der Waals surface area contributed by atoms with E-state index in [1.54, 1.807) is 0 Å². The number of aldehydes is 1. The number of esters is 1. The maximum Gasteiger partial charge on any atom is 0.336 e. The number of carbonyl (C=O) groups is 3. The number of hydrogen-bond donors (Lipinski definition) is 1. The molecule has 0 saturated heterocycles. The fourth-order valence-electron chi connectivity index (χ4n) is 1.10. The van der Waals surface area contributed by atoms with Crippen molar-refractivity contribution in [2.45, 2.75) is 6.92 Å². The summed E-state index contributed by atoms with van der Waals surface area (Å²) in [6.45, 7) is 1.17. The number of benzene rings is 1. The van der Waals surface area contributed by atoms with Crippen LogP contribution in [0.5, 0.6) is 5.75 Å². The SMILES string of the molecule is CC(=O)Oc1cccc(C(=O)O)c1C=O. The molecule has 0 unspecified atom stereocenters. The standard InChI is InChI=1S/C10H8O5/c1-6(12)15-9-4-2-3-7(10(13)14)8(9)5-11/h2-5H,1H3,(H,13,14). The van der Waals surface area contributed by atoms with Crippen LogP contribution >= 0.6 is 0 Å². The van der Waals surface area contributed by atoms with E-state index in [9.17, 15) is 14.4 Å². The van der Waals surface area contributed by atoms with Crippen molar-refractivity contribution < 1.29 is 24.2 Å². The molecule has 1 aromatic carbocycles. The van der Waals surface area contributed by atoms with Gasteiger partial charge >= 0.3 is 11.9 Å². The third-order valence-corrected chi connectivity index (χ3v) is 1.67. The third kappa shape index (κ3) is 2.40. The molecule has 5 nitrogen and oxygen atoms in total. The zero-order chi connectivity index (χ0) is 11.4. The highest BCUT2D eigenvalue weighted by molar-refractivity contribution is 5.99. The van der Waals surface area contributed by atoms with Gasteiger partial charge < -0.3 is 9.84 Å². The minimum absolute atomic E-state index is 0.0441. The van der Waals surface area contributed by atoms with E-state index in [-0.39, 0.29) is 16.9 Å². The molecule has 0 aliphatic carbocycles. The van der Waals surface area contributed by atoms with Gasteiger partial charge in [0.1, 0.15) is 5.75 Å². The Kier molecular flexibility index (Phi) is 3.17. The van der Waals surface area contributed by atoms with E-state index in [2.05, 4.69) is 0 Å². The second-order valence-electron chi connectivity index (χ2n) is 2.73. The van der Waals surface area contributed by atoms with Crippen molar-refractivity contribution in [1.29, 1.82) is 0 Å². The monoisotopic (exact) mass is 208 g/mol. The quantitative estimate of drug-likeness (QED) is 0.457. The zero-order valence-electron chi connectivity index (χ0n) is 7.89. The highest BCUT2D eigenvalue weighted by atomic mass is 16.5. The Balaban J connectivity index is 3.27. The predicted molar refractivity (Wildman–Crippen MR) is 50.1 cm³/mol. The van der Waals surface area contributed by atoms with Crippen LogP contribution < -0.4 is 4.74 Å². The molecule has 0 atom stereocenters. The Labute approximate surface area is 85.3 Å². The Morgan fingerprint density at radius 2 is 2.07 bits per heavy atom. The molecule has 15 heavy (non-hydrogen) atoms. The summed E-state index contributed by atoms with van der Waals surface area (Å²) in [4.78, 5) is 32.1. The highest BCUT2D eigenvalue weighted by Gasteiger charge is 2.15. The number of carbonyl (C=O) groups excluding carboxylic acids is 2. The molecule has 0 saturated carbocycles. The lowest BCUT2D eigenvalue weighted by Crippen LogP contribution is -2.08. The summed E-state index contributed by atoms with van der Waals surface area (Å²) < 4.78 is 4.69. The molecule has 78 valence electrons. The lowest BCUT2D eigenvalue weighted by molar-refractivity contribution is -0.131. The van der Waals surface area contributed by atoms with Gasteiger partial charge in [0, 0.05) is 6.92 Å². The van der Waals surface area contributed by atoms with Gasteiger partial charge in [-0.3, -0.25) is 9.59 Å². The van der Waals surface area contributed by atoms with Crippen LogP contribution in [-0.2, 0) is 4.79 Å². The summed E-state index contributed by atoms with van der Waals surface area (Å²) in [6, 6.07) is 4.02. The molecule has 0 aliphatic heterocycles. The number of ether oxygens (including phenoxy) is 1. The lowest BCUT2D eigenvalue weighted by Gasteiger charge is -2.06. The molecule has 0 fully saturated rings. The van der Waals surface area contributed by atoms with Gasteiger partial charge in [-0.2, -0.15) is 0 Å². The van der Waals surface area contributed by atoms with Crippen molar-refractivity contribution in [3.05, 3.63) is 29.3 Å². The molecule has 0 aliphatic rings. The number of hydrogen-bond acceptors (Lipinski definition) is 4. The van der Waals surface area contributed by atoms with Gasteiger partial charge in [-0.05, 0) is 12.1 Å². The fourth-order valence-corrected chi connectivity index (χ4v) is 1.10. The Morgan fingerprint density at radius 3 is 2.53 bits per heavy atom. The van der Waals surface area contributed by atoms with Crippen LogP contribution in [0.3, 0.4) is 0 Å². The van der Waals surface area contributed by atoms with E-state index in [4.69, 9.17) is 9.84 Å². The largest absolute Gasteiger partial charge is 0.478 e. The molecule has 1 N–H and O–H groups in total. The van der Waals surface area contributed by atoms with E-state index >= 15 is 0 Å². The molecule has 5 heteroatoms. The van der Waals surface area contributed by atoms with E-state index in [0.717, 1.165) is 0 Å². The summed E-state index contributed by atoms with van der Waals surface area (Å²) in [6.07, 6.45) is 0.349. The van der Waals surface area contributed by atoms with E-state index < -0.39 is 11.9 Å². The van der Waals surface area contributed by atoms with Crippen molar-refractivity contribution in [3.8, 4) is 5.75 Å². The van der Waals surface area contributed by atoms with Gasteiger partial charge in [0.2, 0.25) is 0 Å². The van der Waals surface area contributed by atoms with Gasteiger partial charge in [0.25, 0.3) is 0 Å². The first-order valence-electron chi connectivity index (χ1n) is 4.06. The van der Waals surface area contributed by atoms with Crippen LogP contribution in [0.1, 0.15) is 27.6 Å². The second-order valence-corrected chi connectivity index (χ2v) is 2.73. The van der Waals surface area contributed by atoms with Crippen molar-refractivity contribution >= 4 is 18.2 Å².